The number of carbonyl (C=O) groups excluding carboxylic acids is 2. The average molecular weight is 302 g/mol. The summed E-state index contributed by atoms with van der Waals surface area (Å²) in [6.45, 7) is 2.27. The predicted octanol–water partition coefficient (Wildman–Crippen LogP) is 1.95. The minimum absolute atomic E-state index is 0.0337. The molecule has 0 unspecified atom stereocenters. The molecule has 2 rings (SSSR count). The third-order valence-corrected chi connectivity index (χ3v) is 3.72. The van der Waals surface area contributed by atoms with Crippen LogP contribution in [0.1, 0.15) is 19.8 Å². The number of carbonyl (C=O) groups is 2. The van der Waals surface area contributed by atoms with Crippen LogP contribution in [-0.2, 0) is 9.59 Å². The Kier molecular flexibility index (Phi) is 4.76. The van der Waals surface area contributed by atoms with Crippen molar-refractivity contribution in [2.24, 2.45) is 5.92 Å². The molecular formula is C12H16ClN3O2S. The Balaban J connectivity index is 1.90. The van der Waals surface area contributed by atoms with E-state index in [0.29, 0.717) is 17.6 Å². The number of hydrogen-bond acceptors (Lipinski definition) is 4. The zero-order valence-electron chi connectivity index (χ0n) is 10.6. The van der Waals surface area contributed by atoms with Gasteiger partial charge in [-0.1, -0.05) is 0 Å². The lowest BCUT2D eigenvalue weighted by molar-refractivity contribution is -0.134. The molecule has 0 bridgehead atoms. The van der Waals surface area contributed by atoms with Gasteiger partial charge in [-0.05, 0) is 25.7 Å². The van der Waals surface area contributed by atoms with Crippen LogP contribution in [0.25, 0.3) is 0 Å². The van der Waals surface area contributed by atoms with Crippen LogP contribution in [0.3, 0.4) is 0 Å². The molecule has 1 N–H and O–H groups in total. The Morgan fingerprint density at radius 2 is 2.37 bits per heavy atom. The second kappa shape index (κ2) is 6.34. The molecule has 1 fully saturated rings. The minimum atomic E-state index is -0.605. The van der Waals surface area contributed by atoms with Gasteiger partial charge >= 0.3 is 0 Å². The Bertz CT molecular complexity index is 446. The molecule has 1 aliphatic rings. The monoisotopic (exact) mass is 301 g/mol. The van der Waals surface area contributed by atoms with Crippen LogP contribution in [0.4, 0.5) is 5.13 Å². The number of nitrogens with one attached hydrogen (secondary N) is 1. The van der Waals surface area contributed by atoms with E-state index in [9.17, 15) is 9.59 Å². The van der Waals surface area contributed by atoms with Gasteiger partial charge in [-0.25, -0.2) is 4.98 Å². The first-order chi connectivity index (χ1) is 9.06. The lowest BCUT2D eigenvalue weighted by atomic mass is 10.3. The van der Waals surface area contributed by atoms with Crippen molar-refractivity contribution in [2.45, 2.75) is 25.1 Å². The highest BCUT2D eigenvalue weighted by atomic mass is 35.5. The summed E-state index contributed by atoms with van der Waals surface area (Å²) in [7, 11) is 0. The zero-order chi connectivity index (χ0) is 13.8. The summed E-state index contributed by atoms with van der Waals surface area (Å²) < 4.78 is 0. The smallest absolute Gasteiger partial charge is 0.245 e. The summed E-state index contributed by atoms with van der Waals surface area (Å²) in [5, 5.41) is 4.39. The van der Waals surface area contributed by atoms with Gasteiger partial charge in [0.05, 0.1) is 6.54 Å². The van der Waals surface area contributed by atoms with Gasteiger partial charge in [0.1, 0.15) is 5.38 Å². The maximum atomic E-state index is 11.9. The molecule has 0 aromatic carbocycles. The van der Waals surface area contributed by atoms with Crippen LogP contribution in [0.2, 0.25) is 0 Å². The molecule has 1 aliphatic carbocycles. The second-order valence-corrected chi connectivity index (χ2v) is 6.21. The van der Waals surface area contributed by atoms with Gasteiger partial charge < -0.3 is 10.2 Å². The molecular weight excluding hydrogens is 286 g/mol. The standard InChI is InChI=1S/C12H16ClN3O2S/c1-8(13)11(18)16(6-9-2-3-9)7-10(17)15-12-14-4-5-19-12/h4-5,8-9H,2-3,6-7H2,1H3,(H,14,15,17)/t8-/m1/s1. The van der Waals surface area contributed by atoms with Crippen LogP contribution in [0, 0.1) is 5.92 Å². The molecule has 0 saturated heterocycles. The van der Waals surface area contributed by atoms with Gasteiger partial charge in [0.2, 0.25) is 11.8 Å². The van der Waals surface area contributed by atoms with E-state index in [1.165, 1.54) is 16.2 Å². The number of alkyl halides is 1. The fourth-order valence-corrected chi connectivity index (χ4v) is 2.40. The number of rotatable bonds is 6. The highest BCUT2D eigenvalue weighted by molar-refractivity contribution is 7.13. The van der Waals surface area contributed by atoms with E-state index in [-0.39, 0.29) is 18.4 Å². The maximum Gasteiger partial charge on any atom is 0.245 e. The Morgan fingerprint density at radius 1 is 1.63 bits per heavy atom. The van der Waals surface area contributed by atoms with E-state index in [0.717, 1.165) is 12.8 Å². The van der Waals surface area contributed by atoms with Crippen molar-refractivity contribution in [1.29, 1.82) is 0 Å². The van der Waals surface area contributed by atoms with Crippen LogP contribution in [0.15, 0.2) is 11.6 Å². The highest BCUT2D eigenvalue weighted by Crippen LogP contribution is 2.30. The summed E-state index contributed by atoms with van der Waals surface area (Å²) in [6, 6.07) is 0. The number of aromatic nitrogens is 1. The third-order valence-electron chi connectivity index (χ3n) is 2.84. The first-order valence-corrected chi connectivity index (χ1v) is 7.50. The number of nitrogens with zero attached hydrogens (tertiary/aromatic N) is 2. The largest absolute Gasteiger partial charge is 0.332 e. The maximum absolute atomic E-state index is 11.9. The molecule has 0 radical (unpaired) electrons. The normalized spacial score (nSPS) is 15.9. The van der Waals surface area contributed by atoms with E-state index in [1.807, 2.05) is 0 Å². The van der Waals surface area contributed by atoms with Crippen LogP contribution < -0.4 is 5.32 Å². The van der Waals surface area contributed by atoms with Gasteiger partial charge in [-0.2, -0.15) is 0 Å². The number of halogens is 1. The molecule has 1 heterocycles. The van der Waals surface area contributed by atoms with Crippen LogP contribution >= 0.6 is 22.9 Å². The lowest BCUT2D eigenvalue weighted by Gasteiger charge is -2.23. The topological polar surface area (TPSA) is 62.3 Å². The lowest BCUT2D eigenvalue weighted by Crippen LogP contribution is -2.42. The molecule has 2 amide bonds. The van der Waals surface area contributed by atoms with E-state index in [1.54, 1.807) is 18.5 Å². The summed E-state index contributed by atoms with van der Waals surface area (Å²) in [6.07, 6.45) is 3.86. The van der Waals surface area contributed by atoms with E-state index >= 15 is 0 Å². The molecule has 104 valence electrons. The molecule has 1 aromatic heterocycles. The molecule has 1 saturated carbocycles. The zero-order valence-corrected chi connectivity index (χ0v) is 12.2. The van der Waals surface area contributed by atoms with Gasteiger partial charge in [-0.15, -0.1) is 22.9 Å². The summed E-state index contributed by atoms with van der Waals surface area (Å²) >= 11 is 7.17. The van der Waals surface area contributed by atoms with Crippen molar-refractivity contribution in [2.75, 3.05) is 18.4 Å². The third kappa shape index (κ3) is 4.47. The Hall–Kier alpha value is -1.14. The predicted molar refractivity (Wildman–Crippen MR) is 75.4 cm³/mol. The molecule has 1 atom stereocenters. The van der Waals surface area contributed by atoms with Crippen molar-refractivity contribution in [3.8, 4) is 0 Å². The SMILES string of the molecule is C[C@@H](Cl)C(=O)N(CC(=O)Nc1nccs1)CC1CC1. The summed E-state index contributed by atoms with van der Waals surface area (Å²) in [5.74, 6) is 0.0937. The number of amides is 2. The van der Waals surface area contributed by atoms with E-state index < -0.39 is 5.38 Å². The van der Waals surface area contributed by atoms with Gasteiger partial charge in [0.15, 0.2) is 5.13 Å². The molecule has 1 aromatic rings. The van der Waals surface area contributed by atoms with Crippen molar-refractivity contribution in [3.05, 3.63) is 11.6 Å². The number of hydrogen-bond donors (Lipinski definition) is 1. The Morgan fingerprint density at radius 3 is 2.89 bits per heavy atom. The second-order valence-electron chi connectivity index (χ2n) is 4.66. The van der Waals surface area contributed by atoms with Crippen molar-refractivity contribution in [1.82, 2.24) is 9.88 Å². The van der Waals surface area contributed by atoms with Gasteiger partial charge in [-0.3, -0.25) is 9.59 Å². The fourth-order valence-electron chi connectivity index (χ4n) is 1.71. The fraction of sp³-hybridized carbons (Fsp3) is 0.583. The van der Waals surface area contributed by atoms with E-state index in [2.05, 4.69) is 10.3 Å². The minimum Gasteiger partial charge on any atom is -0.332 e. The van der Waals surface area contributed by atoms with Crippen molar-refractivity contribution >= 4 is 39.9 Å². The van der Waals surface area contributed by atoms with E-state index in [4.69, 9.17) is 11.6 Å². The summed E-state index contributed by atoms with van der Waals surface area (Å²) in [4.78, 5) is 29.3. The van der Waals surface area contributed by atoms with Crippen molar-refractivity contribution in [3.63, 3.8) is 0 Å². The highest BCUT2D eigenvalue weighted by Gasteiger charge is 2.29. The van der Waals surface area contributed by atoms with Crippen LogP contribution in [0.5, 0.6) is 0 Å². The summed E-state index contributed by atoms with van der Waals surface area (Å²) in [5.41, 5.74) is 0. The van der Waals surface area contributed by atoms with Crippen LogP contribution in [-0.4, -0.2) is 40.2 Å². The Labute approximate surface area is 121 Å². The molecule has 5 nitrogen and oxygen atoms in total. The average Bonchev–Trinajstić information content (AvgIpc) is 3.02. The molecule has 0 spiro atoms. The van der Waals surface area contributed by atoms with Gasteiger partial charge in [0, 0.05) is 18.1 Å². The molecule has 7 heteroatoms. The molecule has 19 heavy (non-hydrogen) atoms. The van der Waals surface area contributed by atoms with Gasteiger partial charge in [0.25, 0.3) is 0 Å². The first-order valence-electron chi connectivity index (χ1n) is 6.18. The molecule has 0 aliphatic heterocycles. The number of anilines is 1. The van der Waals surface area contributed by atoms with Crippen molar-refractivity contribution < 1.29 is 9.59 Å². The number of thiazole rings is 1. The quantitative estimate of drug-likeness (QED) is 0.817. The first kappa shape index (κ1) is 14.3.